The Morgan fingerprint density at radius 1 is 1.39 bits per heavy atom. The Balaban J connectivity index is 2.10. The summed E-state index contributed by atoms with van der Waals surface area (Å²) in [7, 11) is 3.64. The maximum atomic E-state index is 5.24. The first kappa shape index (κ1) is 12.4. The molecule has 0 aliphatic rings. The number of para-hydroxylation sites is 2. The van der Waals surface area contributed by atoms with Crippen molar-refractivity contribution in [2.45, 2.75) is 13.3 Å². The number of benzene rings is 1. The molecule has 0 aliphatic heterocycles. The highest BCUT2D eigenvalue weighted by Gasteiger charge is 2.02. The largest absolute Gasteiger partial charge is 0.494 e. The van der Waals surface area contributed by atoms with Gasteiger partial charge in [0.2, 0.25) is 0 Å². The molecule has 18 heavy (non-hydrogen) atoms. The lowest BCUT2D eigenvalue weighted by molar-refractivity contribution is 0.416. The van der Waals surface area contributed by atoms with E-state index in [0.29, 0.717) is 0 Å². The van der Waals surface area contributed by atoms with Gasteiger partial charge in [0.05, 0.1) is 19.1 Å². The zero-order chi connectivity index (χ0) is 13.0. The number of rotatable bonds is 4. The van der Waals surface area contributed by atoms with Crippen LogP contribution in [0.25, 0.3) is 0 Å². The van der Waals surface area contributed by atoms with Crippen LogP contribution in [0.15, 0.2) is 35.6 Å². The summed E-state index contributed by atoms with van der Waals surface area (Å²) in [5.74, 6) is 0.784. The van der Waals surface area contributed by atoms with Gasteiger partial charge >= 0.3 is 0 Å². The lowest BCUT2D eigenvalue weighted by atomic mass is 10.2. The van der Waals surface area contributed by atoms with Gasteiger partial charge in [-0.3, -0.25) is 4.99 Å². The molecule has 0 aliphatic carbocycles. The molecule has 0 N–H and O–H groups in total. The maximum absolute atomic E-state index is 5.24. The van der Waals surface area contributed by atoms with Gasteiger partial charge in [0, 0.05) is 25.4 Å². The van der Waals surface area contributed by atoms with E-state index in [1.54, 1.807) is 7.11 Å². The number of aryl methyl sites for hydroxylation is 1. The first-order chi connectivity index (χ1) is 8.72. The zero-order valence-electron chi connectivity index (χ0n) is 10.9. The van der Waals surface area contributed by atoms with Crippen LogP contribution in [-0.2, 0) is 13.5 Å². The van der Waals surface area contributed by atoms with E-state index in [0.717, 1.165) is 23.6 Å². The van der Waals surface area contributed by atoms with E-state index in [1.807, 2.05) is 48.4 Å². The van der Waals surface area contributed by atoms with E-state index in [1.165, 1.54) is 5.69 Å². The standard InChI is InChI=1S/C14H17N3O/c1-11-12(16-10-17(11)2)8-9-15-13-6-4-5-7-14(13)18-3/h4-7,9-10H,8H2,1-3H3. The topological polar surface area (TPSA) is 39.4 Å². The quantitative estimate of drug-likeness (QED) is 0.774. The minimum atomic E-state index is 0.727. The van der Waals surface area contributed by atoms with Crippen LogP contribution in [0.2, 0.25) is 0 Å². The van der Waals surface area contributed by atoms with Crippen molar-refractivity contribution in [3.05, 3.63) is 42.0 Å². The molecule has 94 valence electrons. The van der Waals surface area contributed by atoms with Crippen molar-refractivity contribution in [1.82, 2.24) is 9.55 Å². The molecule has 0 radical (unpaired) electrons. The molecule has 0 bridgehead atoms. The van der Waals surface area contributed by atoms with Gasteiger partial charge in [0.1, 0.15) is 11.4 Å². The molecule has 1 aromatic heterocycles. The average Bonchev–Trinajstić information content (AvgIpc) is 2.71. The molecular formula is C14H17N3O. The van der Waals surface area contributed by atoms with E-state index in [9.17, 15) is 0 Å². The smallest absolute Gasteiger partial charge is 0.144 e. The van der Waals surface area contributed by atoms with Crippen molar-refractivity contribution in [3.8, 4) is 5.75 Å². The minimum absolute atomic E-state index is 0.727. The number of imidazole rings is 1. The second-order valence-corrected chi connectivity index (χ2v) is 4.08. The monoisotopic (exact) mass is 243 g/mol. The van der Waals surface area contributed by atoms with Crippen LogP contribution >= 0.6 is 0 Å². The fraction of sp³-hybridized carbons (Fsp3) is 0.286. The van der Waals surface area contributed by atoms with Crippen molar-refractivity contribution in [1.29, 1.82) is 0 Å². The number of methoxy groups -OCH3 is 1. The second-order valence-electron chi connectivity index (χ2n) is 4.08. The molecule has 2 rings (SSSR count). The van der Waals surface area contributed by atoms with Crippen LogP contribution in [0.5, 0.6) is 5.75 Å². The Labute approximate surface area is 107 Å². The first-order valence-corrected chi connectivity index (χ1v) is 5.84. The Morgan fingerprint density at radius 3 is 2.83 bits per heavy atom. The molecule has 4 nitrogen and oxygen atoms in total. The summed E-state index contributed by atoms with van der Waals surface area (Å²) in [5, 5.41) is 0. The second kappa shape index (κ2) is 5.49. The Bertz CT molecular complexity index is 558. The Morgan fingerprint density at radius 2 is 2.17 bits per heavy atom. The maximum Gasteiger partial charge on any atom is 0.144 e. The number of ether oxygens (including phenoxy) is 1. The van der Waals surface area contributed by atoms with Crippen molar-refractivity contribution in [2.75, 3.05) is 7.11 Å². The molecule has 0 saturated carbocycles. The van der Waals surface area contributed by atoms with Crippen LogP contribution in [0.4, 0.5) is 5.69 Å². The van der Waals surface area contributed by atoms with Crippen molar-refractivity contribution < 1.29 is 4.74 Å². The first-order valence-electron chi connectivity index (χ1n) is 5.84. The summed E-state index contributed by atoms with van der Waals surface area (Å²) in [6.07, 6.45) is 4.42. The fourth-order valence-electron chi connectivity index (χ4n) is 1.71. The number of aliphatic imine (C=N–C) groups is 1. The van der Waals surface area contributed by atoms with Gasteiger partial charge in [-0.05, 0) is 19.1 Å². The van der Waals surface area contributed by atoms with Crippen LogP contribution in [0.3, 0.4) is 0 Å². The van der Waals surface area contributed by atoms with Crippen LogP contribution in [0.1, 0.15) is 11.4 Å². The van der Waals surface area contributed by atoms with E-state index in [-0.39, 0.29) is 0 Å². The highest BCUT2D eigenvalue weighted by molar-refractivity contribution is 5.68. The summed E-state index contributed by atoms with van der Waals surface area (Å²) in [5.41, 5.74) is 3.06. The predicted octanol–water partition coefficient (Wildman–Crippen LogP) is 2.68. The molecule has 2 aromatic rings. The third-order valence-electron chi connectivity index (χ3n) is 2.93. The van der Waals surface area contributed by atoms with Crippen molar-refractivity contribution >= 4 is 11.9 Å². The van der Waals surface area contributed by atoms with Crippen LogP contribution in [-0.4, -0.2) is 22.9 Å². The number of hydrogen-bond donors (Lipinski definition) is 0. The molecule has 0 fully saturated rings. The van der Waals surface area contributed by atoms with Crippen molar-refractivity contribution in [3.63, 3.8) is 0 Å². The normalized spacial score (nSPS) is 11.1. The molecule has 1 aromatic carbocycles. The van der Waals surface area contributed by atoms with Gasteiger partial charge in [0.15, 0.2) is 0 Å². The molecule has 4 heteroatoms. The zero-order valence-corrected chi connectivity index (χ0v) is 10.9. The lowest BCUT2D eigenvalue weighted by Crippen LogP contribution is -1.93. The number of aromatic nitrogens is 2. The SMILES string of the molecule is COc1ccccc1N=CCc1ncn(C)c1C. The molecule has 0 unspecified atom stereocenters. The molecule has 0 saturated heterocycles. The minimum Gasteiger partial charge on any atom is -0.494 e. The van der Waals surface area contributed by atoms with Gasteiger partial charge in [-0.2, -0.15) is 0 Å². The third kappa shape index (κ3) is 2.59. The van der Waals surface area contributed by atoms with Gasteiger partial charge < -0.3 is 9.30 Å². The molecule has 0 spiro atoms. The van der Waals surface area contributed by atoms with Gasteiger partial charge in [-0.1, -0.05) is 12.1 Å². The van der Waals surface area contributed by atoms with E-state index >= 15 is 0 Å². The highest BCUT2D eigenvalue weighted by Crippen LogP contribution is 2.25. The van der Waals surface area contributed by atoms with Crippen molar-refractivity contribution in [2.24, 2.45) is 12.0 Å². The molecule has 0 atom stereocenters. The summed E-state index contributed by atoms with van der Waals surface area (Å²) < 4.78 is 7.25. The summed E-state index contributed by atoms with van der Waals surface area (Å²) in [4.78, 5) is 8.75. The van der Waals surface area contributed by atoms with Gasteiger partial charge in [-0.25, -0.2) is 4.98 Å². The predicted molar refractivity (Wildman–Crippen MR) is 72.8 cm³/mol. The van der Waals surface area contributed by atoms with E-state index in [2.05, 4.69) is 16.9 Å². The van der Waals surface area contributed by atoms with Gasteiger partial charge in [-0.15, -0.1) is 0 Å². The average molecular weight is 243 g/mol. The number of hydrogen-bond acceptors (Lipinski definition) is 3. The Kier molecular flexibility index (Phi) is 3.77. The summed E-state index contributed by atoms with van der Waals surface area (Å²) in [6.45, 7) is 2.05. The van der Waals surface area contributed by atoms with Crippen LogP contribution in [0, 0.1) is 6.92 Å². The molecule has 1 heterocycles. The summed E-state index contributed by atoms with van der Waals surface area (Å²) >= 11 is 0. The molecular weight excluding hydrogens is 226 g/mol. The van der Waals surface area contributed by atoms with Crippen LogP contribution < -0.4 is 4.74 Å². The fourth-order valence-corrected chi connectivity index (χ4v) is 1.71. The van der Waals surface area contributed by atoms with E-state index in [4.69, 9.17) is 4.74 Å². The highest BCUT2D eigenvalue weighted by atomic mass is 16.5. The summed E-state index contributed by atoms with van der Waals surface area (Å²) in [6, 6.07) is 7.71. The van der Waals surface area contributed by atoms with E-state index < -0.39 is 0 Å². The third-order valence-corrected chi connectivity index (χ3v) is 2.93. The van der Waals surface area contributed by atoms with Gasteiger partial charge in [0.25, 0.3) is 0 Å². The molecule has 0 amide bonds. The Hall–Kier alpha value is -2.10. The number of nitrogens with zero attached hydrogens (tertiary/aromatic N) is 3. The lowest BCUT2D eigenvalue weighted by Gasteiger charge is -2.02.